The number of guanidine groups is 1. The topological polar surface area (TPSA) is 59.6 Å². The zero-order valence-electron chi connectivity index (χ0n) is 13.9. The van der Waals surface area contributed by atoms with Gasteiger partial charge in [0, 0.05) is 6.04 Å². The molecule has 0 atom stereocenters. The van der Waals surface area contributed by atoms with Crippen LogP contribution in [-0.2, 0) is 12.7 Å². The number of rotatable bonds is 4. The molecular formula is C16H23F3IN3O. The molecule has 1 aromatic carbocycles. The largest absolute Gasteiger partial charge is 0.488 e. The van der Waals surface area contributed by atoms with Crippen molar-refractivity contribution in [2.75, 3.05) is 0 Å². The van der Waals surface area contributed by atoms with Crippen molar-refractivity contribution in [3.63, 3.8) is 0 Å². The predicted molar refractivity (Wildman–Crippen MR) is 98.7 cm³/mol. The first-order valence-corrected chi connectivity index (χ1v) is 7.50. The number of ether oxygens (including phenoxy) is 1. The minimum Gasteiger partial charge on any atom is -0.488 e. The van der Waals surface area contributed by atoms with Gasteiger partial charge in [0.15, 0.2) is 5.96 Å². The summed E-state index contributed by atoms with van der Waals surface area (Å²) in [6.45, 7) is 5.21. The van der Waals surface area contributed by atoms with E-state index in [0.717, 1.165) is 18.9 Å². The Morgan fingerprint density at radius 3 is 2.42 bits per heavy atom. The molecule has 0 heterocycles. The van der Waals surface area contributed by atoms with Crippen LogP contribution in [0, 0.1) is 0 Å². The molecule has 2 rings (SSSR count). The molecule has 1 aromatic rings. The molecule has 1 aliphatic rings. The first kappa shape index (κ1) is 20.9. The fourth-order valence-corrected chi connectivity index (χ4v) is 2.03. The van der Waals surface area contributed by atoms with Gasteiger partial charge in [-0.25, -0.2) is 4.99 Å². The lowest BCUT2D eigenvalue weighted by atomic mass is 10.1. The van der Waals surface area contributed by atoms with Crippen molar-refractivity contribution in [3.8, 4) is 5.75 Å². The standard InChI is InChI=1S/C16H22F3N3O.HI/c1-15(2,3)23-12-7-4-10(13(8-12)16(17,18)19)9-21-14(20)22-11-5-6-11;/h4,7-8,11H,5-6,9H2,1-3H3,(H3,20,21,22);1H. The maximum absolute atomic E-state index is 13.3. The van der Waals surface area contributed by atoms with E-state index in [2.05, 4.69) is 10.3 Å². The van der Waals surface area contributed by atoms with Crippen LogP contribution in [0.3, 0.4) is 0 Å². The van der Waals surface area contributed by atoms with Gasteiger partial charge >= 0.3 is 6.18 Å². The highest BCUT2D eigenvalue weighted by Gasteiger charge is 2.34. The first-order valence-electron chi connectivity index (χ1n) is 7.50. The summed E-state index contributed by atoms with van der Waals surface area (Å²) in [5.74, 6) is 0.359. The average Bonchev–Trinajstić information content (AvgIpc) is 3.18. The van der Waals surface area contributed by atoms with E-state index in [1.54, 1.807) is 20.8 Å². The van der Waals surface area contributed by atoms with E-state index in [-0.39, 0.29) is 47.8 Å². The third-order valence-electron chi connectivity index (χ3n) is 3.16. The zero-order valence-corrected chi connectivity index (χ0v) is 16.2. The molecule has 136 valence electrons. The van der Waals surface area contributed by atoms with Gasteiger partial charge in [-0.15, -0.1) is 24.0 Å². The summed E-state index contributed by atoms with van der Waals surface area (Å²) in [6.07, 6.45) is -2.44. The smallest absolute Gasteiger partial charge is 0.416 e. The summed E-state index contributed by atoms with van der Waals surface area (Å²) < 4.78 is 45.3. The normalized spacial score (nSPS) is 15.7. The summed E-state index contributed by atoms with van der Waals surface area (Å²) in [6, 6.07) is 4.23. The van der Waals surface area contributed by atoms with Crippen LogP contribution < -0.4 is 15.8 Å². The van der Waals surface area contributed by atoms with Gasteiger partial charge < -0.3 is 15.8 Å². The monoisotopic (exact) mass is 457 g/mol. The van der Waals surface area contributed by atoms with Gasteiger partial charge in [0.05, 0.1) is 12.1 Å². The lowest BCUT2D eigenvalue weighted by Crippen LogP contribution is -2.33. The summed E-state index contributed by atoms with van der Waals surface area (Å²) in [5.41, 5.74) is 4.42. The van der Waals surface area contributed by atoms with Crippen LogP contribution in [0.15, 0.2) is 23.2 Å². The number of halogens is 4. The Bertz CT molecular complexity index is 593. The van der Waals surface area contributed by atoms with Gasteiger partial charge in [0.1, 0.15) is 11.4 Å². The first-order chi connectivity index (χ1) is 10.5. The van der Waals surface area contributed by atoms with Gasteiger partial charge in [-0.2, -0.15) is 13.2 Å². The molecule has 0 spiro atoms. The van der Waals surface area contributed by atoms with Crippen LogP contribution in [0.4, 0.5) is 13.2 Å². The van der Waals surface area contributed by atoms with E-state index < -0.39 is 17.3 Å². The van der Waals surface area contributed by atoms with Gasteiger partial charge in [-0.3, -0.25) is 0 Å². The molecule has 1 aliphatic carbocycles. The van der Waals surface area contributed by atoms with E-state index >= 15 is 0 Å². The second-order valence-corrected chi connectivity index (χ2v) is 6.65. The van der Waals surface area contributed by atoms with Crippen molar-refractivity contribution in [2.24, 2.45) is 10.7 Å². The number of hydrogen-bond donors (Lipinski definition) is 2. The molecule has 8 heteroatoms. The third-order valence-corrected chi connectivity index (χ3v) is 3.16. The van der Waals surface area contributed by atoms with Crippen molar-refractivity contribution < 1.29 is 17.9 Å². The Labute approximate surface area is 157 Å². The molecule has 1 fully saturated rings. The average molecular weight is 457 g/mol. The molecule has 1 saturated carbocycles. The lowest BCUT2D eigenvalue weighted by Gasteiger charge is -2.22. The molecule has 0 aliphatic heterocycles. The van der Waals surface area contributed by atoms with Gasteiger partial charge in [0.2, 0.25) is 0 Å². The number of nitrogens with zero attached hydrogens (tertiary/aromatic N) is 1. The fraction of sp³-hybridized carbons (Fsp3) is 0.562. The highest BCUT2D eigenvalue weighted by molar-refractivity contribution is 14.0. The molecule has 0 radical (unpaired) electrons. The van der Waals surface area contributed by atoms with Crippen molar-refractivity contribution >= 4 is 29.9 Å². The van der Waals surface area contributed by atoms with Gasteiger partial charge in [-0.1, -0.05) is 6.07 Å². The minimum atomic E-state index is -4.47. The molecule has 0 unspecified atom stereocenters. The maximum atomic E-state index is 13.3. The van der Waals surface area contributed by atoms with Gasteiger partial charge in [-0.05, 0) is 51.3 Å². The summed E-state index contributed by atoms with van der Waals surface area (Å²) in [4.78, 5) is 4.00. The molecular weight excluding hydrogens is 434 g/mol. The van der Waals surface area contributed by atoms with Crippen LogP contribution in [0.5, 0.6) is 5.75 Å². The third kappa shape index (κ3) is 6.74. The van der Waals surface area contributed by atoms with Gasteiger partial charge in [0.25, 0.3) is 0 Å². The van der Waals surface area contributed by atoms with Crippen molar-refractivity contribution in [2.45, 2.75) is 58.0 Å². The zero-order chi connectivity index (χ0) is 17.3. The second kappa shape index (κ2) is 7.79. The van der Waals surface area contributed by atoms with Crippen molar-refractivity contribution in [1.82, 2.24) is 5.32 Å². The summed E-state index contributed by atoms with van der Waals surface area (Å²) in [5, 5.41) is 2.95. The Balaban J connectivity index is 0.00000288. The van der Waals surface area contributed by atoms with E-state index in [4.69, 9.17) is 10.5 Å². The molecule has 24 heavy (non-hydrogen) atoms. The minimum absolute atomic E-state index is 0. The number of aliphatic imine (C=N–C) groups is 1. The molecule has 0 amide bonds. The van der Waals surface area contributed by atoms with Crippen LogP contribution >= 0.6 is 24.0 Å². The lowest BCUT2D eigenvalue weighted by molar-refractivity contribution is -0.138. The SMILES string of the molecule is CC(C)(C)Oc1ccc(CN=C(N)NC2CC2)c(C(F)(F)F)c1.I. The Morgan fingerprint density at radius 2 is 1.92 bits per heavy atom. The van der Waals surface area contributed by atoms with Crippen LogP contribution in [0.25, 0.3) is 0 Å². The maximum Gasteiger partial charge on any atom is 0.416 e. The van der Waals surface area contributed by atoms with Crippen molar-refractivity contribution in [3.05, 3.63) is 29.3 Å². The Morgan fingerprint density at radius 1 is 1.29 bits per heavy atom. The highest BCUT2D eigenvalue weighted by atomic mass is 127. The molecule has 4 nitrogen and oxygen atoms in total. The van der Waals surface area contributed by atoms with Crippen LogP contribution in [0.1, 0.15) is 44.7 Å². The molecule has 0 bridgehead atoms. The van der Waals surface area contributed by atoms with Crippen molar-refractivity contribution in [1.29, 1.82) is 0 Å². The van der Waals surface area contributed by atoms with E-state index in [0.29, 0.717) is 6.04 Å². The summed E-state index contributed by atoms with van der Waals surface area (Å²) in [7, 11) is 0. The van der Waals surface area contributed by atoms with E-state index in [9.17, 15) is 13.2 Å². The molecule has 0 aromatic heterocycles. The number of alkyl halides is 3. The number of benzene rings is 1. The number of hydrogen-bond acceptors (Lipinski definition) is 2. The predicted octanol–water partition coefficient (Wildman–Crippen LogP) is 4.07. The molecule has 3 N–H and O–H groups in total. The quantitative estimate of drug-likeness (QED) is 0.407. The molecule has 0 saturated heterocycles. The Kier molecular flexibility index (Phi) is 6.77. The Hall–Kier alpha value is -1.19. The summed E-state index contributed by atoms with van der Waals surface area (Å²) >= 11 is 0. The van der Waals surface area contributed by atoms with Crippen LogP contribution in [0.2, 0.25) is 0 Å². The van der Waals surface area contributed by atoms with Crippen LogP contribution in [-0.4, -0.2) is 17.6 Å². The number of nitrogens with two attached hydrogens (primary N) is 1. The van der Waals surface area contributed by atoms with E-state index in [1.807, 2.05) is 0 Å². The number of nitrogens with one attached hydrogen (secondary N) is 1. The second-order valence-electron chi connectivity index (χ2n) is 6.65. The highest BCUT2D eigenvalue weighted by Crippen LogP contribution is 2.35. The van der Waals surface area contributed by atoms with E-state index in [1.165, 1.54) is 12.1 Å². The fourth-order valence-electron chi connectivity index (χ4n) is 2.03.